The van der Waals surface area contributed by atoms with Crippen LogP contribution in [-0.4, -0.2) is 10.9 Å². The molecule has 7 heteroatoms. The van der Waals surface area contributed by atoms with Crippen LogP contribution in [0.25, 0.3) is 0 Å². The Morgan fingerprint density at radius 3 is 2.26 bits per heavy atom. The summed E-state index contributed by atoms with van der Waals surface area (Å²) in [6.07, 6.45) is -1.49. The standard InChI is InChI=1S/C20H16F3N3O/c21-20(22,23)17-8-10-18(11-9-17)26(19(27)16-7-4-12-24-14-16)25-13-15-5-2-1-3-6-15/h1-12,14,25H,13H2. The summed E-state index contributed by atoms with van der Waals surface area (Å²) in [6, 6.07) is 17.0. The van der Waals surface area contributed by atoms with E-state index in [0.29, 0.717) is 17.8 Å². The molecule has 0 atom stereocenters. The second-order valence-electron chi connectivity index (χ2n) is 5.75. The number of nitrogens with zero attached hydrogens (tertiary/aromatic N) is 2. The molecular formula is C20H16F3N3O. The van der Waals surface area contributed by atoms with E-state index in [1.165, 1.54) is 29.5 Å². The third kappa shape index (κ3) is 4.71. The quantitative estimate of drug-likeness (QED) is 0.674. The molecule has 0 aliphatic heterocycles. The maximum Gasteiger partial charge on any atom is 0.416 e. The zero-order chi connectivity index (χ0) is 19.3. The summed E-state index contributed by atoms with van der Waals surface area (Å²) in [5.74, 6) is -0.418. The fraction of sp³-hybridized carbons (Fsp3) is 0.100. The van der Waals surface area contributed by atoms with Crippen molar-refractivity contribution in [2.45, 2.75) is 12.7 Å². The van der Waals surface area contributed by atoms with Crippen LogP contribution in [0.1, 0.15) is 21.5 Å². The van der Waals surface area contributed by atoms with Gasteiger partial charge < -0.3 is 0 Å². The number of hydrogen-bond acceptors (Lipinski definition) is 3. The number of carbonyl (C=O) groups is 1. The van der Waals surface area contributed by atoms with Gasteiger partial charge in [0.2, 0.25) is 0 Å². The van der Waals surface area contributed by atoms with Gasteiger partial charge in [-0.1, -0.05) is 30.3 Å². The van der Waals surface area contributed by atoms with Crippen molar-refractivity contribution in [1.82, 2.24) is 10.4 Å². The molecule has 0 fully saturated rings. The van der Waals surface area contributed by atoms with E-state index in [0.717, 1.165) is 17.7 Å². The Balaban J connectivity index is 1.88. The van der Waals surface area contributed by atoms with Crippen molar-refractivity contribution >= 4 is 11.6 Å². The number of halogens is 3. The molecule has 2 aromatic carbocycles. The first-order valence-electron chi connectivity index (χ1n) is 8.14. The first-order chi connectivity index (χ1) is 12.9. The molecule has 0 spiro atoms. The Kier molecular flexibility index (Phi) is 5.52. The number of alkyl halides is 3. The summed E-state index contributed by atoms with van der Waals surface area (Å²) >= 11 is 0. The van der Waals surface area contributed by atoms with Crippen LogP contribution < -0.4 is 10.4 Å². The summed E-state index contributed by atoms with van der Waals surface area (Å²) in [4.78, 5) is 16.8. The van der Waals surface area contributed by atoms with E-state index in [2.05, 4.69) is 10.4 Å². The molecule has 138 valence electrons. The van der Waals surface area contributed by atoms with Crippen LogP contribution in [0.5, 0.6) is 0 Å². The van der Waals surface area contributed by atoms with Gasteiger partial charge in [0.1, 0.15) is 0 Å². The first-order valence-corrected chi connectivity index (χ1v) is 8.14. The molecule has 3 rings (SSSR count). The maximum atomic E-state index is 12.8. The summed E-state index contributed by atoms with van der Waals surface area (Å²) in [5, 5.41) is 1.23. The minimum Gasteiger partial charge on any atom is -0.267 e. The van der Waals surface area contributed by atoms with Crippen LogP contribution in [0.15, 0.2) is 79.1 Å². The van der Waals surface area contributed by atoms with E-state index < -0.39 is 17.6 Å². The molecule has 27 heavy (non-hydrogen) atoms. The van der Waals surface area contributed by atoms with Crippen molar-refractivity contribution in [1.29, 1.82) is 0 Å². The molecule has 0 aliphatic rings. The average Bonchev–Trinajstić information content (AvgIpc) is 2.69. The molecule has 3 aromatic rings. The monoisotopic (exact) mass is 371 g/mol. The Bertz CT molecular complexity index is 882. The Labute approximate surface area is 154 Å². The predicted octanol–water partition coefficient (Wildman–Crippen LogP) is 4.45. The van der Waals surface area contributed by atoms with Crippen LogP contribution in [0.4, 0.5) is 18.9 Å². The number of hydrogen-bond donors (Lipinski definition) is 1. The van der Waals surface area contributed by atoms with Gasteiger partial charge in [-0.25, -0.2) is 10.4 Å². The third-order valence-electron chi connectivity index (χ3n) is 3.85. The highest BCUT2D eigenvalue weighted by Crippen LogP contribution is 2.30. The lowest BCUT2D eigenvalue weighted by Gasteiger charge is -2.24. The number of carbonyl (C=O) groups excluding carboxylic acids is 1. The molecule has 0 bridgehead atoms. The third-order valence-corrected chi connectivity index (χ3v) is 3.85. The summed E-state index contributed by atoms with van der Waals surface area (Å²) in [7, 11) is 0. The van der Waals surface area contributed by atoms with Gasteiger partial charge in [-0.2, -0.15) is 13.2 Å². The van der Waals surface area contributed by atoms with Crippen molar-refractivity contribution in [3.05, 3.63) is 95.8 Å². The fourth-order valence-electron chi connectivity index (χ4n) is 2.46. The van der Waals surface area contributed by atoms with Gasteiger partial charge in [0.05, 0.1) is 16.8 Å². The first kappa shape index (κ1) is 18.6. The summed E-state index contributed by atoms with van der Waals surface area (Å²) in [6.45, 7) is 0.327. The van der Waals surface area contributed by atoms with Crippen molar-refractivity contribution in [3.8, 4) is 0 Å². The smallest absolute Gasteiger partial charge is 0.267 e. The van der Waals surface area contributed by atoms with Crippen molar-refractivity contribution < 1.29 is 18.0 Å². The number of benzene rings is 2. The number of amides is 1. The van der Waals surface area contributed by atoms with E-state index in [9.17, 15) is 18.0 Å². The highest BCUT2D eigenvalue weighted by molar-refractivity contribution is 6.05. The Morgan fingerprint density at radius 1 is 0.963 bits per heavy atom. The SMILES string of the molecule is O=C(c1cccnc1)N(NCc1ccccc1)c1ccc(C(F)(F)F)cc1. The van der Waals surface area contributed by atoms with E-state index in [-0.39, 0.29) is 0 Å². The molecule has 0 unspecified atom stereocenters. The molecule has 0 aliphatic carbocycles. The average molecular weight is 371 g/mol. The van der Waals surface area contributed by atoms with E-state index in [4.69, 9.17) is 0 Å². The van der Waals surface area contributed by atoms with Crippen molar-refractivity contribution in [2.24, 2.45) is 0 Å². The van der Waals surface area contributed by atoms with Gasteiger partial charge in [0.25, 0.3) is 5.91 Å². The number of anilines is 1. The largest absolute Gasteiger partial charge is 0.416 e. The van der Waals surface area contributed by atoms with Gasteiger partial charge in [0, 0.05) is 18.9 Å². The maximum absolute atomic E-state index is 12.8. The molecule has 1 N–H and O–H groups in total. The Hall–Kier alpha value is -3.19. The number of nitrogens with one attached hydrogen (secondary N) is 1. The van der Waals surface area contributed by atoms with Crippen molar-refractivity contribution in [2.75, 3.05) is 5.01 Å². The van der Waals surface area contributed by atoms with Crippen LogP contribution in [0.2, 0.25) is 0 Å². The number of aromatic nitrogens is 1. The van der Waals surface area contributed by atoms with Gasteiger partial charge in [0.15, 0.2) is 0 Å². The topological polar surface area (TPSA) is 45.2 Å². The molecule has 0 radical (unpaired) electrons. The molecular weight excluding hydrogens is 355 g/mol. The highest BCUT2D eigenvalue weighted by atomic mass is 19.4. The van der Waals surface area contributed by atoms with E-state index in [1.54, 1.807) is 12.1 Å². The zero-order valence-electron chi connectivity index (χ0n) is 14.1. The number of hydrazine groups is 1. The molecule has 1 aromatic heterocycles. The van der Waals surface area contributed by atoms with Gasteiger partial charge in [-0.05, 0) is 42.0 Å². The van der Waals surface area contributed by atoms with Crippen LogP contribution in [0, 0.1) is 0 Å². The van der Waals surface area contributed by atoms with Gasteiger partial charge >= 0.3 is 6.18 Å². The molecule has 4 nitrogen and oxygen atoms in total. The second-order valence-corrected chi connectivity index (χ2v) is 5.75. The minimum atomic E-state index is -4.44. The van der Waals surface area contributed by atoms with Crippen LogP contribution >= 0.6 is 0 Å². The summed E-state index contributed by atoms with van der Waals surface area (Å²) < 4.78 is 38.4. The predicted molar refractivity (Wildman–Crippen MR) is 95.8 cm³/mol. The van der Waals surface area contributed by atoms with E-state index in [1.807, 2.05) is 30.3 Å². The van der Waals surface area contributed by atoms with Crippen LogP contribution in [0.3, 0.4) is 0 Å². The Morgan fingerprint density at radius 2 is 1.67 bits per heavy atom. The number of pyridine rings is 1. The lowest BCUT2D eigenvalue weighted by Crippen LogP contribution is -2.42. The lowest BCUT2D eigenvalue weighted by molar-refractivity contribution is -0.137. The van der Waals surface area contributed by atoms with Crippen molar-refractivity contribution in [3.63, 3.8) is 0 Å². The molecule has 1 heterocycles. The molecule has 0 saturated carbocycles. The van der Waals surface area contributed by atoms with E-state index >= 15 is 0 Å². The highest BCUT2D eigenvalue weighted by Gasteiger charge is 2.30. The summed E-state index contributed by atoms with van der Waals surface area (Å²) in [5.41, 5.74) is 3.75. The van der Waals surface area contributed by atoms with Gasteiger partial charge in [-0.15, -0.1) is 0 Å². The van der Waals surface area contributed by atoms with Gasteiger partial charge in [-0.3, -0.25) is 9.78 Å². The normalized spacial score (nSPS) is 11.2. The fourth-order valence-corrected chi connectivity index (χ4v) is 2.46. The molecule has 1 amide bonds. The number of rotatable bonds is 5. The van der Waals surface area contributed by atoms with Crippen LogP contribution in [-0.2, 0) is 12.7 Å². The molecule has 0 saturated heterocycles. The minimum absolute atomic E-state index is 0.299. The second kappa shape index (κ2) is 8.01. The lowest BCUT2D eigenvalue weighted by atomic mass is 10.2. The zero-order valence-corrected chi connectivity index (χ0v) is 14.1.